The number of rotatable bonds is 12. The van der Waals surface area contributed by atoms with Crippen LogP contribution in [0.4, 0.5) is 10.5 Å². The second kappa shape index (κ2) is 14.0. The summed E-state index contributed by atoms with van der Waals surface area (Å²) in [5.41, 5.74) is 2.44. The minimum Gasteiger partial charge on any atom is -0.493 e. The molecule has 1 unspecified atom stereocenters. The van der Waals surface area contributed by atoms with E-state index < -0.39 is 30.0 Å². The summed E-state index contributed by atoms with van der Waals surface area (Å²) in [7, 11) is -5.66. The Morgan fingerprint density at radius 2 is 1.51 bits per heavy atom. The van der Waals surface area contributed by atoms with Gasteiger partial charge < -0.3 is 19.9 Å². The van der Waals surface area contributed by atoms with Crippen molar-refractivity contribution in [1.29, 1.82) is 0 Å². The second-order valence-electron chi connectivity index (χ2n) is 13.5. The summed E-state index contributed by atoms with van der Waals surface area (Å²) >= 11 is 0. The first-order valence-electron chi connectivity index (χ1n) is 15.2. The molecule has 45 heavy (non-hydrogen) atoms. The van der Waals surface area contributed by atoms with E-state index in [0.717, 1.165) is 25.3 Å². The third-order valence-corrected chi connectivity index (χ3v) is 10.6. The van der Waals surface area contributed by atoms with E-state index in [1.807, 2.05) is 87.5 Å². The van der Waals surface area contributed by atoms with Crippen LogP contribution in [-0.2, 0) is 34.4 Å². The van der Waals surface area contributed by atoms with Gasteiger partial charge in [-0.25, -0.2) is 13.4 Å². The van der Waals surface area contributed by atoms with E-state index in [9.17, 15) is 18.3 Å². The van der Waals surface area contributed by atoms with Gasteiger partial charge >= 0.3 is 16.3 Å². The normalized spacial score (nSPS) is 15.4. The number of aliphatic hydroxyl groups is 1. The quantitative estimate of drug-likeness (QED) is 0.204. The molecule has 0 aromatic heterocycles. The summed E-state index contributed by atoms with van der Waals surface area (Å²) in [5.74, 6) is 0.0163. The van der Waals surface area contributed by atoms with Gasteiger partial charge in [0, 0.05) is 20.7 Å². The standard InChI is InChI=1S/C34H45N3O6SSi/c1-34(2,3)43-33(39)35-29(21-26-13-9-7-10-14-26)22-28-17-18-30(31(23-28)42-25-27-15-11-8-12-16-27)37-24-32(38)36(44(37,40)41)19-20-45(4,5)6/h7-18,23-24,29,38H,19-22,25H2,1-6H3,(H,35,39). The molecule has 1 amide bonds. The van der Waals surface area contributed by atoms with Crippen LogP contribution in [0, 0.1) is 0 Å². The van der Waals surface area contributed by atoms with E-state index in [0.29, 0.717) is 24.6 Å². The van der Waals surface area contributed by atoms with Crippen LogP contribution in [0.3, 0.4) is 0 Å². The number of hydrogen-bond donors (Lipinski definition) is 2. The molecular weight excluding hydrogens is 607 g/mol. The summed E-state index contributed by atoms with van der Waals surface area (Å²) in [4.78, 5) is 12.8. The smallest absolute Gasteiger partial charge is 0.407 e. The molecule has 0 saturated carbocycles. The van der Waals surface area contributed by atoms with E-state index in [1.54, 1.807) is 12.1 Å². The van der Waals surface area contributed by atoms with Gasteiger partial charge in [0.2, 0.25) is 5.88 Å². The summed E-state index contributed by atoms with van der Waals surface area (Å²) in [6, 6.07) is 25.2. The third kappa shape index (κ3) is 9.76. The molecule has 1 aliphatic heterocycles. The second-order valence-corrected chi connectivity index (χ2v) is 20.8. The highest BCUT2D eigenvalue weighted by Crippen LogP contribution is 2.38. The number of alkyl carbamates (subject to hydrolysis) is 1. The lowest BCUT2D eigenvalue weighted by atomic mass is 9.98. The number of aliphatic hydroxyl groups excluding tert-OH is 1. The molecule has 3 aromatic rings. The van der Waals surface area contributed by atoms with Gasteiger partial charge in [0.05, 0.1) is 6.20 Å². The third-order valence-electron chi connectivity index (χ3n) is 7.11. The largest absolute Gasteiger partial charge is 0.493 e. The number of benzene rings is 3. The van der Waals surface area contributed by atoms with Crippen LogP contribution < -0.4 is 14.4 Å². The van der Waals surface area contributed by atoms with Crippen molar-refractivity contribution in [2.45, 2.75) is 77.5 Å². The van der Waals surface area contributed by atoms with Crippen molar-refractivity contribution in [3.05, 3.63) is 108 Å². The van der Waals surface area contributed by atoms with E-state index >= 15 is 0 Å². The van der Waals surface area contributed by atoms with Gasteiger partial charge in [0.25, 0.3) is 0 Å². The van der Waals surface area contributed by atoms with Gasteiger partial charge in [0.1, 0.15) is 23.6 Å². The highest BCUT2D eigenvalue weighted by molar-refractivity contribution is 7.91. The van der Waals surface area contributed by atoms with Crippen molar-refractivity contribution in [2.24, 2.45) is 0 Å². The lowest BCUT2D eigenvalue weighted by Crippen LogP contribution is -2.41. The minimum atomic E-state index is -4.08. The van der Waals surface area contributed by atoms with E-state index in [-0.39, 0.29) is 30.8 Å². The molecule has 0 bridgehead atoms. The number of ether oxygens (including phenoxy) is 2. The first-order valence-corrected chi connectivity index (χ1v) is 20.3. The zero-order valence-corrected chi connectivity index (χ0v) is 28.8. The fourth-order valence-corrected chi connectivity index (χ4v) is 7.37. The van der Waals surface area contributed by atoms with Crippen molar-refractivity contribution >= 4 is 30.1 Å². The van der Waals surface area contributed by atoms with Gasteiger partial charge in [-0.2, -0.15) is 8.42 Å². The Balaban J connectivity index is 1.65. The lowest BCUT2D eigenvalue weighted by Gasteiger charge is -2.26. The summed E-state index contributed by atoms with van der Waals surface area (Å²) in [6.45, 7) is 12.3. The number of nitrogens with zero attached hydrogens (tertiary/aromatic N) is 2. The van der Waals surface area contributed by atoms with Crippen LogP contribution in [0.5, 0.6) is 5.75 Å². The SMILES string of the molecule is CC(C)(C)OC(=O)NC(Cc1ccccc1)Cc1ccc(N2C=C(O)N(CC[Si](C)(C)C)S2(=O)=O)c(OCc2ccccc2)c1. The van der Waals surface area contributed by atoms with Gasteiger partial charge in [-0.1, -0.05) is 86.4 Å². The zero-order valence-electron chi connectivity index (χ0n) is 27.0. The Morgan fingerprint density at radius 1 is 0.911 bits per heavy atom. The maximum Gasteiger partial charge on any atom is 0.407 e. The number of anilines is 1. The number of nitrogens with one attached hydrogen (secondary N) is 1. The average Bonchev–Trinajstić information content (AvgIpc) is 3.17. The van der Waals surface area contributed by atoms with Gasteiger partial charge in [-0.05, 0) is 68.5 Å². The van der Waals surface area contributed by atoms with Crippen molar-refractivity contribution in [3.8, 4) is 5.75 Å². The predicted octanol–water partition coefficient (Wildman–Crippen LogP) is 7.01. The van der Waals surface area contributed by atoms with Crippen LogP contribution in [0.15, 0.2) is 90.9 Å². The fraction of sp³-hybridized carbons (Fsp3) is 0.382. The van der Waals surface area contributed by atoms with E-state index in [2.05, 4.69) is 25.0 Å². The molecule has 0 spiro atoms. The van der Waals surface area contributed by atoms with Crippen LogP contribution in [0.25, 0.3) is 0 Å². The number of carbonyl (C=O) groups is 1. The van der Waals surface area contributed by atoms with Gasteiger partial charge in [-0.3, -0.25) is 0 Å². The predicted molar refractivity (Wildman–Crippen MR) is 181 cm³/mol. The van der Waals surface area contributed by atoms with Gasteiger partial charge in [0.15, 0.2) is 0 Å². The van der Waals surface area contributed by atoms with Crippen LogP contribution in [0.2, 0.25) is 25.7 Å². The summed E-state index contributed by atoms with van der Waals surface area (Å²) in [5, 5.41) is 13.7. The Labute approximate surface area is 268 Å². The highest BCUT2D eigenvalue weighted by atomic mass is 32.2. The van der Waals surface area contributed by atoms with Crippen molar-refractivity contribution in [3.63, 3.8) is 0 Å². The molecule has 1 aliphatic rings. The fourth-order valence-electron chi connectivity index (χ4n) is 4.87. The minimum absolute atomic E-state index is 0.201. The molecule has 3 aromatic carbocycles. The van der Waals surface area contributed by atoms with Gasteiger partial charge in [-0.15, -0.1) is 0 Å². The molecule has 2 N–H and O–H groups in total. The van der Waals surface area contributed by atoms with Crippen LogP contribution >= 0.6 is 0 Å². The summed E-state index contributed by atoms with van der Waals surface area (Å²) in [6.07, 6.45) is 1.71. The maximum atomic E-state index is 13.7. The van der Waals surface area contributed by atoms with E-state index in [4.69, 9.17) is 9.47 Å². The highest BCUT2D eigenvalue weighted by Gasteiger charge is 2.39. The first-order chi connectivity index (χ1) is 21.1. The molecule has 9 nitrogen and oxygen atoms in total. The molecule has 1 heterocycles. The number of amides is 1. The Morgan fingerprint density at radius 3 is 2.11 bits per heavy atom. The molecule has 1 atom stereocenters. The van der Waals surface area contributed by atoms with Crippen molar-refractivity contribution in [1.82, 2.24) is 9.62 Å². The number of carbonyl (C=O) groups excluding carboxylic acids is 1. The Kier molecular flexibility index (Phi) is 10.5. The molecule has 0 aliphatic carbocycles. The van der Waals surface area contributed by atoms with Crippen molar-refractivity contribution < 1.29 is 27.8 Å². The van der Waals surface area contributed by atoms with Crippen molar-refractivity contribution in [2.75, 3.05) is 10.8 Å². The molecule has 4 rings (SSSR count). The van der Waals surface area contributed by atoms with Crippen LogP contribution in [-0.4, -0.2) is 50.2 Å². The Hall–Kier alpha value is -3.96. The first kappa shape index (κ1) is 33.9. The van der Waals surface area contributed by atoms with E-state index in [1.165, 1.54) is 6.20 Å². The molecule has 0 fully saturated rings. The summed E-state index contributed by atoms with van der Waals surface area (Å²) < 4.78 is 41.3. The zero-order chi connectivity index (χ0) is 32.8. The maximum absolute atomic E-state index is 13.7. The average molecular weight is 652 g/mol. The van der Waals surface area contributed by atoms with Crippen LogP contribution in [0.1, 0.15) is 37.5 Å². The Bertz CT molecular complexity index is 1590. The molecule has 11 heteroatoms. The topological polar surface area (TPSA) is 108 Å². The number of hydrogen-bond acceptors (Lipinski definition) is 6. The molecule has 0 radical (unpaired) electrons. The lowest BCUT2D eigenvalue weighted by molar-refractivity contribution is 0.0504. The monoisotopic (exact) mass is 651 g/mol. The molecule has 0 saturated heterocycles. The molecular formula is C34H45N3O6SSi. The molecule has 242 valence electrons.